The summed E-state index contributed by atoms with van der Waals surface area (Å²) in [5.74, 6) is 1.00. The molecule has 0 aliphatic carbocycles. The number of aryl methyl sites for hydroxylation is 1. The molecule has 3 heterocycles. The molecular formula is C19H22N2O. The molecule has 1 aliphatic rings. The highest BCUT2D eigenvalue weighted by Gasteiger charge is 2.16. The van der Waals surface area contributed by atoms with Crippen LogP contribution in [0.25, 0.3) is 10.9 Å². The number of piperidine rings is 1. The number of nitrogens with zero attached hydrogens (tertiary/aromatic N) is 2. The van der Waals surface area contributed by atoms with Crippen LogP contribution >= 0.6 is 0 Å². The molecule has 3 nitrogen and oxygen atoms in total. The average molecular weight is 294 g/mol. The van der Waals surface area contributed by atoms with Gasteiger partial charge in [0.1, 0.15) is 5.76 Å². The van der Waals surface area contributed by atoms with Gasteiger partial charge in [0.15, 0.2) is 0 Å². The fraction of sp³-hybridized carbons (Fsp3) is 0.368. The number of aromatic nitrogens is 1. The largest absolute Gasteiger partial charge is 0.467 e. The average Bonchev–Trinajstić information content (AvgIpc) is 3.17. The summed E-state index contributed by atoms with van der Waals surface area (Å²) in [7, 11) is 0. The molecule has 0 atom stereocenters. The molecular weight excluding hydrogens is 272 g/mol. The Morgan fingerprint density at radius 2 is 1.91 bits per heavy atom. The molecule has 3 aromatic rings. The van der Waals surface area contributed by atoms with Crippen LogP contribution in [0, 0.1) is 6.92 Å². The van der Waals surface area contributed by atoms with Gasteiger partial charge >= 0.3 is 0 Å². The zero-order valence-corrected chi connectivity index (χ0v) is 13.1. The van der Waals surface area contributed by atoms with Crippen LogP contribution in [-0.4, -0.2) is 17.7 Å². The summed E-state index contributed by atoms with van der Waals surface area (Å²) < 4.78 is 7.87. The molecule has 0 bridgehead atoms. The third-order valence-corrected chi connectivity index (χ3v) is 4.72. The van der Waals surface area contributed by atoms with E-state index in [9.17, 15) is 0 Å². The van der Waals surface area contributed by atoms with Gasteiger partial charge in [-0.3, -0.25) is 0 Å². The number of anilines is 1. The molecule has 2 aromatic heterocycles. The smallest absolute Gasteiger partial charge is 0.123 e. The second-order valence-corrected chi connectivity index (χ2v) is 6.21. The maximum absolute atomic E-state index is 5.53. The quantitative estimate of drug-likeness (QED) is 0.705. The number of benzene rings is 1. The van der Waals surface area contributed by atoms with Crippen molar-refractivity contribution in [2.45, 2.75) is 32.7 Å². The second kappa shape index (κ2) is 5.56. The maximum atomic E-state index is 5.53. The van der Waals surface area contributed by atoms with Gasteiger partial charge in [-0.25, -0.2) is 0 Å². The predicted octanol–water partition coefficient (Wildman–Crippen LogP) is 4.58. The van der Waals surface area contributed by atoms with Crippen LogP contribution in [0.4, 0.5) is 5.69 Å². The van der Waals surface area contributed by atoms with Crippen molar-refractivity contribution in [1.82, 2.24) is 4.57 Å². The molecule has 0 spiro atoms. The lowest BCUT2D eigenvalue weighted by atomic mass is 10.1. The summed E-state index contributed by atoms with van der Waals surface area (Å²) in [4.78, 5) is 2.54. The minimum absolute atomic E-state index is 0.797. The Hall–Kier alpha value is -2.16. The van der Waals surface area contributed by atoms with Crippen molar-refractivity contribution in [1.29, 1.82) is 0 Å². The van der Waals surface area contributed by atoms with Crippen molar-refractivity contribution in [2.24, 2.45) is 0 Å². The molecule has 0 N–H and O–H groups in total. The van der Waals surface area contributed by atoms with Gasteiger partial charge in [0, 0.05) is 29.9 Å². The molecule has 3 heteroatoms. The highest BCUT2D eigenvalue weighted by Crippen LogP contribution is 2.31. The topological polar surface area (TPSA) is 21.3 Å². The lowest BCUT2D eigenvalue weighted by Gasteiger charge is -2.29. The Bertz CT molecular complexity index is 764. The summed E-state index contributed by atoms with van der Waals surface area (Å²) >= 11 is 0. The van der Waals surface area contributed by atoms with Gasteiger partial charge in [-0.15, -0.1) is 0 Å². The Morgan fingerprint density at radius 3 is 2.68 bits per heavy atom. The summed E-state index contributed by atoms with van der Waals surface area (Å²) in [6.45, 7) is 5.34. The molecule has 1 aliphatic heterocycles. The van der Waals surface area contributed by atoms with Crippen molar-refractivity contribution in [3.63, 3.8) is 0 Å². The first-order chi connectivity index (χ1) is 10.8. The van der Waals surface area contributed by atoms with E-state index in [1.807, 2.05) is 12.1 Å². The molecule has 4 rings (SSSR count). The van der Waals surface area contributed by atoms with Gasteiger partial charge in [0.25, 0.3) is 0 Å². The minimum Gasteiger partial charge on any atom is -0.467 e. The Labute approximate surface area is 131 Å². The summed E-state index contributed by atoms with van der Waals surface area (Å²) in [6, 6.07) is 13.0. The van der Waals surface area contributed by atoms with Gasteiger partial charge in [0.2, 0.25) is 0 Å². The lowest BCUT2D eigenvalue weighted by molar-refractivity contribution is 0.495. The van der Waals surface area contributed by atoms with Crippen LogP contribution < -0.4 is 4.90 Å². The SMILES string of the molecule is Cc1cc2c(N3CCCCC3)cccc2n1Cc1ccco1. The van der Waals surface area contributed by atoms with Crippen molar-refractivity contribution in [3.8, 4) is 0 Å². The summed E-state index contributed by atoms with van der Waals surface area (Å²) in [5.41, 5.74) is 3.98. The summed E-state index contributed by atoms with van der Waals surface area (Å²) in [6.07, 6.45) is 5.73. The van der Waals surface area contributed by atoms with E-state index in [4.69, 9.17) is 4.42 Å². The molecule has 22 heavy (non-hydrogen) atoms. The summed E-state index contributed by atoms with van der Waals surface area (Å²) in [5, 5.41) is 1.37. The highest BCUT2D eigenvalue weighted by molar-refractivity contribution is 5.93. The molecule has 1 aromatic carbocycles. The fourth-order valence-corrected chi connectivity index (χ4v) is 3.58. The highest BCUT2D eigenvalue weighted by atomic mass is 16.3. The fourth-order valence-electron chi connectivity index (χ4n) is 3.58. The first-order valence-corrected chi connectivity index (χ1v) is 8.19. The first kappa shape index (κ1) is 13.5. The van der Waals surface area contributed by atoms with Gasteiger partial charge in [-0.1, -0.05) is 6.07 Å². The molecule has 0 amide bonds. The van der Waals surface area contributed by atoms with Crippen LogP contribution in [0.15, 0.2) is 47.1 Å². The molecule has 1 fully saturated rings. The molecule has 114 valence electrons. The standard InChI is InChI=1S/C19H22N2O/c1-15-13-17-18(20-10-3-2-4-11-20)8-5-9-19(17)21(15)14-16-7-6-12-22-16/h5-9,12-13H,2-4,10-11,14H2,1H3. The Morgan fingerprint density at radius 1 is 1.05 bits per heavy atom. The third-order valence-electron chi connectivity index (χ3n) is 4.72. The second-order valence-electron chi connectivity index (χ2n) is 6.21. The van der Waals surface area contributed by atoms with E-state index in [1.54, 1.807) is 6.26 Å². The van der Waals surface area contributed by atoms with Crippen LogP contribution in [-0.2, 0) is 6.54 Å². The maximum Gasteiger partial charge on any atom is 0.123 e. The van der Waals surface area contributed by atoms with Crippen LogP contribution in [0.1, 0.15) is 30.7 Å². The van der Waals surface area contributed by atoms with Crippen molar-refractivity contribution in [2.75, 3.05) is 18.0 Å². The third kappa shape index (κ3) is 2.31. The van der Waals surface area contributed by atoms with E-state index in [0.29, 0.717) is 0 Å². The van der Waals surface area contributed by atoms with Crippen molar-refractivity contribution < 1.29 is 4.42 Å². The Kier molecular flexibility index (Phi) is 3.41. The van der Waals surface area contributed by atoms with Crippen LogP contribution in [0.2, 0.25) is 0 Å². The number of hydrogen-bond acceptors (Lipinski definition) is 2. The normalized spacial score (nSPS) is 15.6. The van der Waals surface area contributed by atoms with E-state index in [1.165, 1.54) is 54.6 Å². The number of fused-ring (bicyclic) bond motifs is 1. The van der Waals surface area contributed by atoms with E-state index in [2.05, 4.69) is 40.7 Å². The monoisotopic (exact) mass is 294 g/mol. The first-order valence-electron chi connectivity index (χ1n) is 8.19. The van der Waals surface area contributed by atoms with Gasteiger partial charge in [-0.05, 0) is 56.5 Å². The van der Waals surface area contributed by atoms with Crippen LogP contribution in [0.3, 0.4) is 0 Å². The van der Waals surface area contributed by atoms with E-state index in [-0.39, 0.29) is 0 Å². The molecule has 0 radical (unpaired) electrons. The van der Waals surface area contributed by atoms with Crippen molar-refractivity contribution >= 4 is 16.6 Å². The number of furan rings is 1. The van der Waals surface area contributed by atoms with Gasteiger partial charge in [-0.2, -0.15) is 0 Å². The molecule has 1 saturated heterocycles. The number of hydrogen-bond donors (Lipinski definition) is 0. The zero-order chi connectivity index (χ0) is 14.9. The van der Waals surface area contributed by atoms with Gasteiger partial charge < -0.3 is 13.9 Å². The number of rotatable bonds is 3. The van der Waals surface area contributed by atoms with Crippen molar-refractivity contribution in [3.05, 3.63) is 54.1 Å². The molecule has 0 unspecified atom stereocenters. The van der Waals surface area contributed by atoms with Crippen LogP contribution in [0.5, 0.6) is 0 Å². The van der Waals surface area contributed by atoms with E-state index in [0.717, 1.165) is 12.3 Å². The van der Waals surface area contributed by atoms with E-state index < -0.39 is 0 Å². The van der Waals surface area contributed by atoms with E-state index >= 15 is 0 Å². The Balaban J connectivity index is 1.77. The van der Waals surface area contributed by atoms with Gasteiger partial charge in [0.05, 0.1) is 18.3 Å². The lowest BCUT2D eigenvalue weighted by Crippen LogP contribution is -2.29. The molecule has 0 saturated carbocycles. The zero-order valence-electron chi connectivity index (χ0n) is 13.1. The predicted molar refractivity (Wildman–Crippen MR) is 90.5 cm³/mol. The minimum atomic E-state index is 0.797.